The number of hydrogen-bond acceptors (Lipinski definition) is 4. The van der Waals surface area contributed by atoms with Gasteiger partial charge in [-0.1, -0.05) is 0 Å². The van der Waals surface area contributed by atoms with Crippen LogP contribution in [0.5, 0.6) is 0 Å². The second kappa shape index (κ2) is 6.58. The lowest BCUT2D eigenvalue weighted by Gasteiger charge is -2.38. The van der Waals surface area contributed by atoms with Crippen molar-refractivity contribution in [3.8, 4) is 0 Å². The third-order valence-electron chi connectivity index (χ3n) is 4.64. The lowest BCUT2D eigenvalue weighted by atomic mass is 9.94. The maximum Gasteiger partial charge on any atom is 0.239 e. The van der Waals surface area contributed by atoms with E-state index in [1.807, 2.05) is 17.9 Å². The Morgan fingerprint density at radius 3 is 2.95 bits per heavy atom. The smallest absolute Gasteiger partial charge is 0.239 e. The third kappa shape index (κ3) is 3.27. The van der Waals surface area contributed by atoms with Gasteiger partial charge in [-0.2, -0.15) is 5.10 Å². The van der Waals surface area contributed by atoms with Crippen molar-refractivity contribution in [1.29, 1.82) is 0 Å². The first-order chi connectivity index (χ1) is 10.3. The number of carbonyl (C=O) groups excluding carboxylic acids is 1. The fourth-order valence-corrected chi connectivity index (χ4v) is 3.31. The molecule has 1 aromatic rings. The van der Waals surface area contributed by atoms with Crippen LogP contribution in [0.15, 0.2) is 12.3 Å². The zero-order valence-corrected chi connectivity index (χ0v) is 12.6. The van der Waals surface area contributed by atoms with E-state index in [4.69, 9.17) is 4.74 Å². The van der Waals surface area contributed by atoms with E-state index in [0.717, 1.165) is 39.0 Å². The van der Waals surface area contributed by atoms with E-state index in [1.165, 1.54) is 5.69 Å². The molecule has 6 nitrogen and oxygen atoms in total. The molecule has 0 aliphatic carbocycles. The van der Waals surface area contributed by atoms with Crippen molar-refractivity contribution in [2.24, 2.45) is 0 Å². The highest BCUT2D eigenvalue weighted by Gasteiger charge is 2.31. The van der Waals surface area contributed by atoms with Gasteiger partial charge >= 0.3 is 0 Å². The number of nitrogens with zero attached hydrogens (tertiary/aromatic N) is 3. The van der Waals surface area contributed by atoms with Crippen LogP contribution < -0.4 is 0 Å². The van der Waals surface area contributed by atoms with Gasteiger partial charge in [0.2, 0.25) is 5.91 Å². The summed E-state index contributed by atoms with van der Waals surface area (Å²) in [5.74, 6) is 0.699. The minimum atomic E-state index is -0.0474. The van der Waals surface area contributed by atoms with Crippen LogP contribution in [0.1, 0.15) is 31.4 Å². The Kier molecular flexibility index (Phi) is 4.55. The van der Waals surface area contributed by atoms with E-state index < -0.39 is 0 Å². The number of aromatic nitrogens is 2. The number of rotatable bonds is 3. The van der Waals surface area contributed by atoms with E-state index in [2.05, 4.69) is 15.1 Å². The minimum Gasteiger partial charge on any atom is -0.378 e. The first-order valence-electron chi connectivity index (χ1n) is 7.85. The fraction of sp³-hybridized carbons (Fsp3) is 0.733. The van der Waals surface area contributed by atoms with E-state index in [0.29, 0.717) is 19.1 Å². The second-order valence-corrected chi connectivity index (χ2v) is 5.96. The van der Waals surface area contributed by atoms with E-state index in [9.17, 15) is 4.79 Å². The molecule has 2 saturated heterocycles. The Morgan fingerprint density at radius 1 is 1.43 bits per heavy atom. The predicted octanol–water partition coefficient (Wildman–Crippen LogP) is 0.836. The van der Waals surface area contributed by atoms with Crippen LogP contribution in [0, 0.1) is 0 Å². The van der Waals surface area contributed by atoms with Gasteiger partial charge in [0.05, 0.1) is 19.3 Å². The number of piperidine rings is 1. The monoisotopic (exact) mass is 292 g/mol. The molecule has 2 fully saturated rings. The average Bonchev–Trinajstić information content (AvgIpc) is 3.09. The number of hydrogen-bond donors (Lipinski definition) is 1. The quantitative estimate of drug-likeness (QED) is 0.896. The molecule has 3 rings (SSSR count). The van der Waals surface area contributed by atoms with Crippen LogP contribution in [0.4, 0.5) is 0 Å². The van der Waals surface area contributed by atoms with Crippen LogP contribution in [-0.4, -0.2) is 71.3 Å². The predicted molar refractivity (Wildman–Crippen MR) is 79.0 cm³/mol. The van der Waals surface area contributed by atoms with Gasteiger partial charge in [-0.25, -0.2) is 0 Å². The number of likely N-dealkylation sites (tertiary alicyclic amines) is 1. The van der Waals surface area contributed by atoms with Gasteiger partial charge < -0.3 is 9.64 Å². The molecule has 2 aliphatic heterocycles. The summed E-state index contributed by atoms with van der Waals surface area (Å²) in [4.78, 5) is 16.8. The molecule has 0 radical (unpaired) electrons. The molecule has 6 heteroatoms. The molecule has 0 spiro atoms. The van der Waals surface area contributed by atoms with Gasteiger partial charge in [0.15, 0.2) is 0 Å². The van der Waals surface area contributed by atoms with Gasteiger partial charge in [0.1, 0.15) is 0 Å². The zero-order chi connectivity index (χ0) is 14.7. The Labute approximate surface area is 125 Å². The van der Waals surface area contributed by atoms with E-state index in [-0.39, 0.29) is 11.9 Å². The van der Waals surface area contributed by atoms with Gasteiger partial charge in [-0.05, 0) is 32.4 Å². The third-order valence-corrected chi connectivity index (χ3v) is 4.64. The maximum atomic E-state index is 12.6. The summed E-state index contributed by atoms with van der Waals surface area (Å²) in [7, 11) is 0. The number of ether oxygens (including phenoxy) is 1. The fourth-order valence-electron chi connectivity index (χ4n) is 3.31. The number of carbonyl (C=O) groups is 1. The highest BCUT2D eigenvalue weighted by atomic mass is 16.5. The molecule has 0 saturated carbocycles. The van der Waals surface area contributed by atoms with Gasteiger partial charge in [-0.3, -0.25) is 14.8 Å². The number of nitrogens with one attached hydrogen (secondary N) is 1. The molecule has 2 atom stereocenters. The summed E-state index contributed by atoms with van der Waals surface area (Å²) >= 11 is 0. The van der Waals surface area contributed by atoms with E-state index in [1.54, 1.807) is 6.20 Å². The molecule has 0 bridgehead atoms. The standard InChI is InChI=1S/C15H24N4O2/c1-12(15(20)18-7-9-21-10-8-18)19-6-2-3-13(11-19)14-4-5-16-17-14/h4-5,12-13H,2-3,6-11H2,1H3,(H,16,17)/t12-,13-/m0/s1. The van der Waals surface area contributed by atoms with Gasteiger partial charge in [0.25, 0.3) is 0 Å². The zero-order valence-electron chi connectivity index (χ0n) is 12.6. The molecule has 116 valence electrons. The molecule has 3 heterocycles. The summed E-state index contributed by atoms with van der Waals surface area (Å²) < 4.78 is 5.32. The number of amides is 1. The Balaban J connectivity index is 1.61. The summed E-state index contributed by atoms with van der Waals surface area (Å²) in [6.07, 6.45) is 4.10. The Hall–Kier alpha value is -1.40. The molecule has 1 N–H and O–H groups in total. The van der Waals surface area contributed by atoms with Crippen molar-refractivity contribution in [3.63, 3.8) is 0 Å². The normalized spacial score (nSPS) is 25.8. The summed E-state index contributed by atoms with van der Waals surface area (Å²) in [5, 5.41) is 7.11. The van der Waals surface area contributed by atoms with Crippen LogP contribution in [0.25, 0.3) is 0 Å². The van der Waals surface area contributed by atoms with Crippen LogP contribution >= 0.6 is 0 Å². The maximum absolute atomic E-state index is 12.6. The molecule has 1 aromatic heterocycles. The van der Waals surface area contributed by atoms with Crippen molar-refractivity contribution in [2.75, 3.05) is 39.4 Å². The first kappa shape index (κ1) is 14.5. The molecule has 0 aromatic carbocycles. The van der Waals surface area contributed by atoms with Crippen molar-refractivity contribution in [2.45, 2.75) is 31.7 Å². The molecule has 21 heavy (non-hydrogen) atoms. The largest absolute Gasteiger partial charge is 0.378 e. The van der Waals surface area contributed by atoms with Crippen molar-refractivity contribution >= 4 is 5.91 Å². The van der Waals surface area contributed by atoms with Crippen LogP contribution in [-0.2, 0) is 9.53 Å². The van der Waals surface area contributed by atoms with E-state index >= 15 is 0 Å². The topological polar surface area (TPSA) is 61.5 Å². The Morgan fingerprint density at radius 2 is 2.24 bits per heavy atom. The SMILES string of the molecule is C[C@@H](C(=O)N1CCOCC1)N1CCC[C@H](c2ccn[nH]2)C1. The lowest BCUT2D eigenvalue weighted by molar-refractivity contribution is -0.141. The van der Waals surface area contributed by atoms with Gasteiger partial charge in [-0.15, -0.1) is 0 Å². The number of morpholine rings is 1. The summed E-state index contributed by atoms with van der Waals surface area (Å²) in [5.41, 5.74) is 1.19. The Bertz CT molecular complexity index is 456. The summed E-state index contributed by atoms with van der Waals surface area (Å²) in [6.45, 7) is 6.74. The molecule has 1 amide bonds. The van der Waals surface area contributed by atoms with Crippen molar-refractivity contribution in [3.05, 3.63) is 18.0 Å². The average molecular weight is 292 g/mol. The molecule has 2 aliphatic rings. The molecular weight excluding hydrogens is 268 g/mol. The van der Waals surface area contributed by atoms with Crippen molar-refractivity contribution < 1.29 is 9.53 Å². The number of H-pyrrole nitrogens is 1. The highest BCUT2D eigenvalue weighted by molar-refractivity contribution is 5.81. The summed E-state index contributed by atoms with van der Waals surface area (Å²) in [6, 6.07) is 2.00. The minimum absolute atomic E-state index is 0.0474. The van der Waals surface area contributed by atoms with Crippen LogP contribution in [0.3, 0.4) is 0 Å². The molecule has 0 unspecified atom stereocenters. The van der Waals surface area contributed by atoms with Crippen LogP contribution in [0.2, 0.25) is 0 Å². The first-order valence-corrected chi connectivity index (χ1v) is 7.85. The highest BCUT2D eigenvalue weighted by Crippen LogP contribution is 2.26. The molecular formula is C15H24N4O2. The van der Waals surface area contributed by atoms with Crippen molar-refractivity contribution in [1.82, 2.24) is 20.0 Å². The number of aromatic amines is 1. The lowest BCUT2D eigenvalue weighted by Crippen LogP contribution is -2.52. The second-order valence-electron chi connectivity index (χ2n) is 5.96. The van der Waals surface area contributed by atoms with Gasteiger partial charge in [0, 0.05) is 37.4 Å².